The van der Waals surface area contributed by atoms with Gasteiger partial charge in [0, 0.05) is 19.4 Å². The number of aromatic nitrogens is 4. The minimum Gasteiger partial charge on any atom is -0.356 e. The van der Waals surface area contributed by atoms with Gasteiger partial charge in [0.05, 0.1) is 0 Å². The highest BCUT2D eigenvalue weighted by molar-refractivity contribution is 7.16. The summed E-state index contributed by atoms with van der Waals surface area (Å²) in [5.41, 5.74) is 0. The lowest BCUT2D eigenvalue weighted by molar-refractivity contribution is -0.146. The summed E-state index contributed by atoms with van der Waals surface area (Å²) >= 11 is 1.03. The van der Waals surface area contributed by atoms with Crippen molar-refractivity contribution in [1.29, 1.82) is 0 Å². The predicted molar refractivity (Wildman–Crippen MR) is 69.9 cm³/mol. The van der Waals surface area contributed by atoms with Crippen molar-refractivity contribution in [2.75, 3.05) is 6.54 Å². The molecule has 21 heavy (non-hydrogen) atoms. The molecule has 1 N–H and O–H groups in total. The highest BCUT2D eigenvalue weighted by Gasteiger charge is 2.38. The molecule has 10 heteroatoms. The summed E-state index contributed by atoms with van der Waals surface area (Å²) in [6.07, 6.45) is -2.01. The molecule has 0 spiro atoms. The number of nitrogens with zero attached hydrogens (tertiary/aromatic N) is 4. The van der Waals surface area contributed by atoms with E-state index >= 15 is 0 Å². The van der Waals surface area contributed by atoms with E-state index in [9.17, 15) is 18.0 Å². The van der Waals surface area contributed by atoms with Crippen molar-refractivity contribution in [2.24, 2.45) is 0 Å². The largest absolute Gasteiger partial charge is 0.453 e. The molecule has 0 saturated carbocycles. The number of unbranched alkanes of at least 4 members (excludes halogenated alkanes) is 1. The van der Waals surface area contributed by atoms with Crippen molar-refractivity contribution in [3.63, 3.8) is 0 Å². The Balaban J connectivity index is 1.95. The zero-order chi connectivity index (χ0) is 15.5. The third kappa shape index (κ3) is 3.90. The molecular formula is C11H14F3N5OS. The number of alkyl halides is 3. The maximum Gasteiger partial charge on any atom is 0.453 e. The third-order valence-corrected chi connectivity index (χ3v) is 3.66. The molecule has 0 aliphatic rings. The Kier molecular flexibility index (Phi) is 4.76. The Morgan fingerprint density at radius 1 is 1.38 bits per heavy atom. The van der Waals surface area contributed by atoms with Crippen LogP contribution in [0.2, 0.25) is 0 Å². The summed E-state index contributed by atoms with van der Waals surface area (Å²) < 4.78 is 38.6. The van der Waals surface area contributed by atoms with Crippen molar-refractivity contribution >= 4 is 22.2 Å². The first-order chi connectivity index (χ1) is 9.91. The van der Waals surface area contributed by atoms with Gasteiger partial charge in [-0.2, -0.15) is 22.8 Å². The normalized spacial score (nSPS) is 12.0. The zero-order valence-electron chi connectivity index (χ0n) is 11.3. The van der Waals surface area contributed by atoms with Crippen LogP contribution in [0.25, 0.3) is 4.96 Å². The number of carbonyl (C=O) groups is 1. The second-order valence-corrected chi connectivity index (χ2v) is 5.46. The van der Waals surface area contributed by atoms with Crippen LogP contribution in [-0.2, 0) is 17.4 Å². The topological polar surface area (TPSA) is 72.2 Å². The molecule has 0 aliphatic heterocycles. The van der Waals surface area contributed by atoms with Gasteiger partial charge in [-0.15, -0.1) is 10.2 Å². The van der Waals surface area contributed by atoms with Crippen LogP contribution in [-0.4, -0.2) is 32.3 Å². The maximum atomic E-state index is 12.6. The molecule has 6 nitrogen and oxygen atoms in total. The number of hydrogen-bond acceptors (Lipinski definition) is 5. The third-order valence-electron chi connectivity index (χ3n) is 2.70. The average Bonchev–Trinajstić information content (AvgIpc) is 2.94. The van der Waals surface area contributed by atoms with E-state index < -0.39 is 12.0 Å². The lowest BCUT2D eigenvalue weighted by atomic mass is 10.2. The van der Waals surface area contributed by atoms with E-state index in [0.29, 0.717) is 28.9 Å². The molecule has 116 valence electrons. The highest BCUT2D eigenvalue weighted by Crippen LogP contribution is 2.28. The summed E-state index contributed by atoms with van der Waals surface area (Å²) in [5.74, 6) is -1.19. The number of amides is 1. The molecule has 1 amide bonds. The predicted octanol–water partition coefficient (Wildman–Crippen LogP) is 2.05. The lowest BCUT2D eigenvalue weighted by Gasteiger charge is -2.02. The Morgan fingerprint density at radius 3 is 2.81 bits per heavy atom. The Morgan fingerprint density at radius 2 is 2.14 bits per heavy atom. The molecule has 0 bridgehead atoms. The molecule has 0 saturated heterocycles. The highest BCUT2D eigenvalue weighted by atomic mass is 32.1. The van der Waals surface area contributed by atoms with Crippen LogP contribution in [0.4, 0.5) is 13.2 Å². The van der Waals surface area contributed by atoms with Gasteiger partial charge in [0.1, 0.15) is 5.01 Å². The SMILES string of the molecule is CCCCC(=O)NCCc1nn2c(C(F)(F)F)nnc2s1. The van der Waals surface area contributed by atoms with Crippen molar-refractivity contribution in [3.05, 3.63) is 10.8 Å². The molecule has 0 atom stereocenters. The number of nitrogens with one attached hydrogen (secondary N) is 1. The lowest BCUT2D eigenvalue weighted by Crippen LogP contribution is -2.25. The quantitative estimate of drug-likeness (QED) is 0.884. The van der Waals surface area contributed by atoms with Gasteiger partial charge in [0.15, 0.2) is 0 Å². The first kappa shape index (κ1) is 15.7. The zero-order valence-corrected chi connectivity index (χ0v) is 12.1. The van der Waals surface area contributed by atoms with Crippen molar-refractivity contribution in [3.8, 4) is 0 Å². The number of halogens is 3. The van der Waals surface area contributed by atoms with Crippen LogP contribution < -0.4 is 5.32 Å². The first-order valence-electron chi connectivity index (χ1n) is 6.47. The summed E-state index contributed by atoms with van der Waals surface area (Å²) in [4.78, 5) is 11.5. The van der Waals surface area contributed by atoms with E-state index in [1.807, 2.05) is 6.92 Å². The monoisotopic (exact) mass is 321 g/mol. The Hall–Kier alpha value is -1.71. The number of hydrogen-bond donors (Lipinski definition) is 1. The molecule has 2 aromatic rings. The molecule has 2 aromatic heterocycles. The van der Waals surface area contributed by atoms with E-state index in [4.69, 9.17) is 0 Å². The van der Waals surface area contributed by atoms with Gasteiger partial charge in [-0.3, -0.25) is 4.79 Å². The van der Waals surface area contributed by atoms with Gasteiger partial charge in [0.2, 0.25) is 10.9 Å². The summed E-state index contributed by atoms with van der Waals surface area (Å²) in [5, 5.41) is 13.5. The average molecular weight is 321 g/mol. The summed E-state index contributed by atoms with van der Waals surface area (Å²) in [7, 11) is 0. The molecule has 0 aliphatic carbocycles. The summed E-state index contributed by atoms with van der Waals surface area (Å²) in [6, 6.07) is 0. The van der Waals surface area contributed by atoms with E-state index in [2.05, 4.69) is 20.6 Å². The van der Waals surface area contributed by atoms with E-state index in [1.165, 1.54) is 0 Å². The Labute approximate surface area is 122 Å². The minimum absolute atomic E-state index is 0.0594. The van der Waals surface area contributed by atoms with Crippen LogP contribution in [0.1, 0.15) is 37.0 Å². The molecule has 0 unspecified atom stereocenters. The maximum absolute atomic E-state index is 12.6. The fourth-order valence-corrected chi connectivity index (χ4v) is 2.50. The molecule has 0 radical (unpaired) electrons. The van der Waals surface area contributed by atoms with Crippen LogP contribution in [0.5, 0.6) is 0 Å². The van der Waals surface area contributed by atoms with E-state index in [1.54, 1.807) is 0 Å². The van der Waals surface area contributed by atoms with Crippen LogP contribution in [0.15, 0.2) is 0 Å². The van der Waals surface area contributed by atoms with Crippen molar-refractivity contribution in [1.82, 2.24) is 25.1 Å². The van der Waals surface area contributed by atoms with Gasteiger partial charge in [-0.25, -0.2) is 0 Å². The Bertz CT molecular complexity index is 621. The van der Waals surface area contributed by atoms with Crippen LogP contribution >= 0.6 is 11.3 Å². The second kappa shape index (κ2) is 6.37. The smallest absolute Gasteiger partial charge is 0.356 e. The van der Waals surface area contributed by atoms with Crippen LogP contribution in [0.3, 0.4) is 0 Å². The fraction of sp³-hybridized carbons (Fsp3) is 0.636. The van der Waals surface area contributed by atoms with Gasteiger partial charge in [0.25, 0.3) is 5.82 Å². The summed E-state index contributed by atoms with van der Waals surface area (Å²) in [6.45, 7) is 2.33. The number of carbonyl (C=O) groups excluding carboxylic acids is 1. The van der Waals surface area contributed by atoms with Crippen LogP contribution in [0, 0.1) is 0 Å². The molecule has 2 rings (SSSR count). The first-order valence-corrected chi connectivity index (χ1v) is 7.28. The molecular weight excluding hydrogens is 307 g/mol. The minimum atomic E-state index is -4.58. The molecule has 0 fully saturated rings. The van der Waals surface area contributed by atoms with Gasteiger partial charge in [-0.1, -0.05) is 24.7 Å². The molecule has 0 aromatic carbocycles. The fourth-order valence-electron chi connectivity index (χ4n) is 1.67. The second-order valence-electron chi connectivity index (χ2n) is 4.42. The van der Waals surface area contributed by atoms with E-state index in [0.717, 1.165) is 24.2 Å². The van der Waals surface area contributed by atoms with Gasteiger partial charge < -0.3 is 5.32 Å². The standard InChI is InChI=1S/C11H14F3N5OS/c1-2-3-4-7(20)15-6-5-8-18-19-9(11(12,13)14)16-17-10(19)21-8/h2-6H2,1H3,(H,15,20). The van der Waals surface area contributed by atoms with E-state index in [-0.39, 0.29) is 10.9 Å². The van der Waals surface area contributed by atoms with Crippen molar-refractivity contribution in [2.45, 2.75) is 38.8 Å². The van der Waals surface area contributed by atoms with Gasteiger partial charge >= 0.3 is 6.18 Å². The number of fused-ring (bicyclic) bond motifs is 1. The van der Waals surface area contributed by atoms with Gasteiger partial charge in [-0.05, 0) is 6.42 Å². The molecule has 2 heterocycles. The van der Waals surface area contributed by atoms with Crippen molar-refractivity contribution < 1.29 is 18.0 Å². The number of rotatable bonds is 6.